The predicted octanol–water partition coefficient (Wildman–Crippen LogP) is 4.39. The molecule has 3 N–H and O–H groups in total. The highest BCUT2D eigenvalue weighted by molar-refractivity contribution is 5.97. The molecular weight excluding hydrogens is 646 g/mol. The summed E-state index contributed by atoms with van der Waals surface area (Å²) in [6, 6.07) is 7.34. The number of nitrogens with one attached hydrogen (secondary N) is 3. The highest BCUT2D eigenvalue weighted by Gasteiger charge is 2.25. The third-order valence-corrected chi connectivity index (χ3v) is 7.74. The van der Waals surface area contributed by atoms with Crippen molar-refractivity contribution in [1.82, 2.24) is 20.3 Å². The topological polar surface area (TPSA) is 188 Å². The first-order valence-electron chi connectivity index (χ1n) is 16.8. The van der Waals surface area contributed by atoms with E-state index in [1.165, 1.54) is 0 Å². The molecule has 3 heterocycles. The van der Waals surface area contributed by atoms with Crippen LogP contribution in [0.5, 0.6) is 0 Å². The molecule has 2 atom stereocenters. The molecule has 2 unspecified atom stereocenters. The minimum Gasteiger partial charge on any atom is -0.466 e. The third kappa shape index (κ3) is 10.8. The van der Waals surface area contributed by atoms with Crippen molar-refractivity contribution >= 4 is 52.4 Å². The molecular formula is C36H45N5O9. The first-order chi connectivity index (χ1) is 23.9. The van der Waals surface area contributed by atoms with E-state index in [1.807, 2.05) is 6.08 Å². The van der Waals surface area contributed by atoms with Gasteiger partial charge in [-0.15, -0.1) is 0 Å². The fourth-order valence-electron chi connectivity index (χ4n) is 4.97. The summed E-state index contributed by atoms with van der Waals surface area (Å²) in [7, 11) is 0. The second-order valence-electron chi connectivity index (χ2n) is 12.7. The van der Waals surface area contributed by atoms with Crippen LogP contribution >= 0.6 is 0 Å². The Morgan fingerprint density at radius 2 is 1.78 bits per heavy atom. The predicted molar refractivity (Wildman–Crippen MR) is 186 cm³/mol. The zero-order valence-electron chi connectivity index (χ0n) is 29.1. The second kappa shape index (κ2) is 17.6. The van der Waals surface area contributed by atoms with Crippen LogP contribution in [0.2, 0.25) is 0 Å². The summed E-state index contributed by atoms with van der Waals surface area (Å²) in [4.78, 5) is 74.3. The number of fused-ring (bicyclic) bond motifs is 1. The number of amides is 2. The summed E-state index contributed by atoms with van der Waals surface area (Å²) in [5, 5.41) is 5.52. The van der Waals surface area contributed by atoms with Crippen molar-refractivity contribution in [2.24, 2.45) is 5.41 Å². The van der Waals surface area contributed by atoms with Gasteiger partial charge in [0.25, 0.3) is 11.5 Å². The molecule has 14 heteroatoms. The van der Waals surface area contributed by atoms with Gasteiger partial charge in [-0.3, -0.25) is 29.5 Å². The Labute approximate surface area is 290 Å². The minimum absolute atomic E-state index is 0.0106. The molecule has 0 radical (unpaired) electrons. The fourth-order valence-corrected chi connectivity index (χ4v) is 4.97. The van der Waals surface area contributed by atoms with Gasteiger partial charge in [0.15, 0.2) is 11.9 Å². The molecule has 0 aliphatic carbocycles. The maximum atomic E-state index is 13.2. The number of ether oxygens (including phenoxy) is 4. The highest BCUT2D eigenvalue weighted by atomic mass is 16.7. The normalized spacial score (nSPS) is 15.6. The fraction of sp³-hybridized carbons (Fsp3) is 0.472. The van der Waals surface area contributed by atoms with Gasteiger partial charge in [0.1, 0.15) is 6.04 Å². The van der Waals surface area contributed by atoms with Gasteiger partial charge in [-0.1, -0.05) is 32.9 Å². The lowest BCUT2D eigenvalue weighted by Gasteiger charge is -2.23. The van der Waals surface area contributed by atoms with Gasteiger partial charge >= 0.3 is 11.9 Å². The molecule has 268 valence electrons. The molecule has 1 aromatic carbocycles. The molecule has 0 spiro atoms. The van der Waals surface area contributed by atoms with Crippen LogP contribution in [-0.2, 0) is 33.3 Å². The van der Waals surface area contributed by atoms with Crippen molar-refractivity contribution < 1.29 is 38.1 Å². The lowest BCUT2D eigenvalue weighted by atomic mass is 9.96. The van der Waals surface area contributed by atoms with Crippen LogP contribution in [0.15, 0.2) is 41.3 Å². The standard InChI is InChI=1S/C36H45N5O9/c1-6-47-28(42)16-15-27(33(45)48-7-2)38-31(43)24-13-11-23(12-14-24)25(21-50-29-10-8-9-17-49-29)18-22-19-26-30(37-20-22)39-35(40-32(26)44)41-34(46)36(3,4)5/h11-14,18-20,27,29H,6-10,15-17,21H2,1-5H3,(H,38,43)(H2,37,39,40,41,44,46)/b25-18+. The van der Waals surface area contributed by atoms with Crippen molar-refractivity contribution in [1.29, 1.82) is 0 Å². The molecule has 0 bridgehead atoms. The van der Waals surface area contributed by atoms with Crippen molar-refractivity contribution in [3.8, 4) is 0 Å². The minimum atomic E-state index is -1.03. The largest absolute Gasteiger partial charge is 0.466 e. The molecule has 2 amide bonds. The summed E-state index contributed by atoms with van der Waals surface area (Å²) < 4.78 is 21.9. The SMILES string of the molecule is CCOC(=O)CCC(NC(=O)c1ccc(/C(=C/c2cnc3nc(NC(=O)C(C)(C)C)[nH]c(=O)c3c2)COC2CCCCO2)cc1)C(=O)OCC. The van der Waals surface area contributed by atoms with Crippen LogP contribution < -0.4 is 16.2 Å². The number of hydrogen-bond acceptors (Lipinski definition) is 11. The van der Waals surface area contributed by atoms with Crippen LogP contribution in [0.25, 0.3) is 22.7 Å². The third-order valence-electron chi connectivity index (χ3n) is 7.74. The van der Waals surface area contributed by atoms with Crippen LogP contribution in [0.4, 0.5) is 5.95 Å². The number of carbonyl (C=O) groups excluding carboxylic acids is 4. The van der Waals surface area contributed by atoms with Gasteiger partial charge in [0.05, 0.1) is 25.2 Å². The van der Waals surface area contributed by atoms with Crippen LogP contribution in [-0.4, -0.2) is 77.5 Å². The molecule has 1 aliphatic heterocycles. The van der Waals surface area contributed by atoms with Gasteiger partial charge in [0, 0.05) is 30.2 Å². The Balaban J connectivity index is 1.58. The molecule has 2 aromatic heterocycles. The summed E-state index contributed by atoms with van der Waals surface area (Å²) >= 11 is 0. The van der Waals surface area contributed by atoms with Gasteiger partial charge in [-0.25, -0.2) is 9.78 Å². The molecule has 14 nitrogen and oxygen atoms in total. The number of esters is 2. The van der Waals surface area contributed by atoms with E-state index in [4.69, 9.17) is 18.9 Å². The molecule has 1 aliphatic rings. The Morgan fingerprint density at radius 3 is 2.44 bits per heavy atom. The number of rotatable bonds is 14. The average Bonchev–Trinajstić information content (AvgIpc) is 3.09. The Hall–Kier alpha value is -4.95. The number of anilines is 1. The number of hydrogen-bond donors (Lipinski definition) is 3. The Bertz CT molecular complexity index is 1760. The van der Waals surface area contributed by atoms with Crippen LogP contribution in [0, 0.1) is 5.41 Å². The number of aromatic nitrogens is 3. The number of benzene rings is 1. The maximum Gasteiger partial charge on any atom is 0.328 e. The molecule has 0 saturated carbocycles. The van der Waals surface area contributed by atoms with E-state index >= 15 is 0 Å². The van der Waals surface area contributed by atoms with Gasteiger partial charge in [0.2, 0.25) is 11.9 Å². The van der Waals surface area contributed by atoms with E-state index in [0.717, 1.165) is 30.4 Å². The van der Waals surface area contributed by atoms with Crippen molar-refractivity contribution in [2.45, 2.75) is 79.1 Å². The van der Waals surface area contributed by atoms with E-state index in [9.17, 15) is 24.0 Å². The molecule has 1 fully saturated rings. The number of H-pyrrole nitrogens is 1. The monoisotopic (exact) mass is 691 g/mol. The summed E-state index contributed by atoms with van der Waals surface area (Å²) in [5.41, 5.74) is 1.36. The van der Waals surface area contributed by atoms with Crippen LogP contribution in [0.3, 0.4) is 0 Å². The van der Waals surface area contributed by atoms with Gasteiger partial charge < -0.3 is 24.3 Å². The Kier molecular flexibility index (Phi) is 13.3. The lowest BCUT2D eigenvalue weighted by Crippen LogP contribution is -2.42. The number of carbonyl (C=O) groups is 4. The quantitative estimate of drug-likeness (QED) is 0.204. The molecule has 50 heavy (non-hydrogen) atoms. The smallest absolute Gasteiger partial charge is 0.328 e. The maximum absolute atomic E-state index is 13.2. The van der Waals surface area contributed by atoms with Gasteiger partial charge in [-0.05, 0) is 80.5 Å². The molecule has 4 rings (SSSR count). The number of nitrogens with zero attached hydrogens (tertiary/aromatic N) is 2. The average molecular weight is 692 g/mol. The van der Waals surface area contributed by atoms with Crippen molar-refractivity contribution in [2.75, 3.05) is 31.7 Å². The number of aromatic amines is 1. The summed E-state index contributed by atoms with van der Waals surface area (Å²) in [5.74, 6) is -1.92. The summed E-state index contributed by atoms with van der Waals surface area (Å²) in [6.45, 7) is 9.71. The number of pyridine rings is 1. The van der Waals surface area contributed by atoms with E-state index < -0.39 is 34.9 Å². The van der Waals surface area contributed by atoms with E-state index in [-0.39, 0.29) is 67.4 Å². The molecule has 1 saturated heterocycles. The van der Waals surface area contributed by atoms with Crippen molar-refractivity contribution in [3.63, 3.8) is 0 Å². The van der Waals surface area contributed by atoms with E-state index in [2.05, 4.69) is 25.6 Å². The van der Waals surface area contributed by atoms with Crippen molar-refractivity contribution in [3.05, 3.63) is 63.6 Å². The van der Waals surface area contributed by atoms with Gasteiger partial charge in [-0.2, -0.15) is 4.98 Å². The first-order valence-corrected chi connectivity index (χ1v) is 16.8. The van der Waals surface area contributed by atoms with E-state index in [1.54, 1.807) is 71.1 Å². The van der Waals surface area contributed by atoms with E-state index in [0.29, 0.717) is 12.2 Å². The zero-order chi connectivity index (χ0) is 36.3. The second-order valence-corrected chi connectivity index (χ2v) is 12.7. The Morgan fingerprint density at radius 1 is 1.06 bits per heavy atom. The zero-order valence-corrected chi connectivity index (χ0v) is 29.1. The summed E-state index contributed by atoms with van der Waals surface area (Å²) in [6.07, 6.45) is 5.71. The lowest BCUT2D eigenvalue weighted by molar-refractivity contribution is -0.154. The highest BCUT2D eigenvalue weighted by Crippen LogP contribution is 2.24. The molecule has 3 aromatic rings. The first kappa shape index (κ1) is 37.9. The van der Waals surface area contributed by atoms with Crippen LogP contribution in [0.1, 0.15) is 88.2 Å².